The van der Waals surface area contributed by atoms with E-state index in [9.17, 15) is 4.79 Å². The van der Waals surface area contributed by atoms with Crippen LogP contribution in [0.3, 0.4) is 0 Å². The zero-order valence-electron chi connectivity index (χ0n) is 13.1. The van der Waals surface area contributed by atoms with E-state index in [4.69, 9.17) is 23.2 Å². The molecule has 2 aliphatic rings. The van der Waals surface area contributed by atoms with Gasteiger partial charge in [0.25, 0.3) is 5.91 Å². The third-order valence-corrected chi connectivity index (χ3v) is 6.52. The first-order valence-corrected chi connectivity index (χ1v) is 9.77. The van der Waals surface area contributed by atoms with E-state index >= 15 is 0 Å². The van der Waals surface area contributed by atoms with Crippen molar-refractivity contribution in [2.24, 2.45) is 0 Å². The molecule has 1 aliphatic heterocycles. The van der Waals surface area contributed by atoms with Gasteiger partial charge in [0.1, 0.15) is 0 Å². The van der Waals surface area contributed by atoms with Crippen LogP contribution in [0.15, 0.2) is 30.3 Å². The summed E-state index contributed by atoms with van der Waals surface area (Å²) in [6.07, 6.45) is 3.68. The lowest BCUT2D eigenvalue weighted by molar-refractivity contribution is 0.0941. The third kappa shape index (κ3) is 3.47. The molecule has 6 heteroatoms. The van der Waals surface area contributed by atoms with Gasteiger partial charge in [0.15, 0.2) is 0 Å². The maximum atomic E-state index is 12.5. The van der Waals surface area contributed by atoms with Crippen LogP contribution in [0, 0.1) is 0 Å². The van der Waals surface area contributed by atoms with E-state index in [2.05, 4.69) is 10.2 Å². The van der Waals surface area contributed by atoms with Gasteiger partial charge in [0, 0.05) is 30.1 Å². The predicted molar refractivity (Wildman–Crippen MR) is 100 cm³/mol. The summed E-state index contributed by atoms with van der Waals surface area (Å²) in [7, 11) is 0. The van der Waals surface area contributed by atoms with Crippen molar-refractivity contribution in [1.29, 1.82) is 0 Å². The van der Waals surface area contributed by atoms with Crippen LogP contribution in [-0.4, -0.2) is 36.0 Å². The van der Waals surface area contributed by atoms with Crippen LogP contribution in [0.1, 0.15) is 28.9 Å². The second kappa shape index (κ2) is 6.68. The molecule has 0 spiro atoms. The average Bonchev–Trinajstić information content (AvgIpc) is 3.10. The Morgan fingerprint density at radius 1 is 1.12 bits per heavy atom. The highest BCUT2D eigenvalue weighted by Gasteiger charge is 2.34. The Labute approximate surface area is 155 Å². The lowest BCUT2D eigenvalue weighted by atomic mass is 10.2. The third-order valence-electron chi connectivity index (χ3n) is 4.65. The van der Waals surface area contributed by atoms with Gasteiger partial charge in [-0.05, 0) is 49.1 Å². The van der Waals surface area contributed by atoms with Gasteiger partial charge >= 0.3 is 0 Å². The van der Waals surface area contributed by atoms with E-state index < -0.39 is 0 Å². The van der Waals surface area contributed by atoms with Crippen LogP contribution in [0.2, 0.25) is 10.0 Å². The molecule has 2 aromatic rings. The number of halogens is 2. The molecule has 126 valence electrons. The fraction of sp³-hybridized carbons (Fsp3) is 0.389. The first kappa shape index (κ1) is 16.4. The van der Waals surface area contributed by atoms with Crippen molar-refractivity contribution in [3.8, 4) is 10.4 Å². The molecule has 1 amide bonds. The molecule has 1 aromatic carbocycles. The van der Waals surface area contributed by atoms with Crippen molar-refractivity contribution >= 4 is 40.4 Å². The summed E-state index contributed by atoms with van der Waals surface area (Å²) in [5.41, 5.74) is 0.981. The topological polar surface area (TPSA) is 32.3 Å². The van der Waals surface area contributed by atoms with E-state index in [1.807, 2.05) is 24.3 Å². The molecule has 1 aromatic heterocycles. The SMILES string of the molecule is O=C(N[C@H]1CCN(C2CC2)C1)c1ccc(-c2ccc(Cl)c(Cl)c2)s1. The number of nitrogens with one attached hydrogen (secondary N) is 1. The summed E-state index contributed by atoms with van der Waals surface area (Å²) in [4.78, 5) is 16.7. The Hall–Kier alpha value is -1.07. The van der Waals surface area contributed by atoms with Crippen LogP contribution < -0.4 is 5.32 Å². The lowest BCUT2D eigenvalue weighted by Gasteiger charge is -2.15. The minimum absolute atomic E-state index is 0.0222. The Morgan fingerprint density at radius 3 is 2.71 bits per heavy atom. The maximum Gasteiger partial charge on any atom is 0.261 e. The fourth-order valence-corrected chi connectivity index (χ4v) is 4.40. The summed E-state index contributed by atoms with van der Waals surface area (Å²) >= 11 is 13.5. The first-order valence-electron chi connectivity index (χ1n) is 8.20. The molecule has 1 aliphatic carbocycles. The fourth-order valence-electron chi connectivity index (χ4n) is 3.20. The molecule has 1 saturated heterocycles. The zero-order valence-corrected chi connectivity index (χ0v) is 15.4. The molecule has 4 rings (SSSR count). The Bertz CT molecular complexity index is 772. The van der Waals surface area contributed by atoms with Gasteiger partial charge < -0.3 is 5.32 Å². The lowest BCUT2D eigenvalue weighted by Crippen LogP contribution is -2.37. The number of hydrogen-bond acceptors (Lipinski definition) is 3. The number of thiophene rings is 1. The number of hydrogen-bond donors (Lipinski definition) is 1. The van der Waals surface area contributed by atoms with E-state index in [1.165, 1.54) is 24.2 Å². The monoisotopic (exact) mass is 380 g/mol. The molecule has 0 radical (unpaired) electrons. The largest absolute Gasteiger partial charge is 0.347 e. The molecule has 0 bridgehead atoms. The highest BCUT2D eigenvalue weighted by atomic mass is 35.5. The minimum Gasteiger partial charge on any atom is -0.347 e. The molecule has 3 nitrogen and oxygen atoms in total. The highest BCUT2D eigenvalue weighted by Crippen LogP contribution is 2.33. The predicted octanol–water partition coefficient (Wildman–Crippen LogP) is 4.69. The van der Waals surface area contributed by atoms with Crippen molar-refractivity contribution in [2.45, 2.75) is 31.3 Å². The van der Waals surface area contributed by atoms with Crippen LogP contribution in [0.5, 0.6) is 0 Å². The smallest absolute Gasteiger partial charge is 0.261 e. The summed E-state index contributed by atoms with van der Waals surface area (Å²) in [5, 5.41) is 4.24. The van der Waals surface area contributed by atoms with Crippen molar-refractivity contribution in [3.05, 3.63) is 45.3 Å². The number of amides is 1. The zero-order chi connectivity index (χ0) is 16.7. The quantitative estimate of drug-likeness (QED) is 0.834. The van der Waals surface area contributed by atoms with Crippen molar-refractivity contribution < 1.29 is 4.79 Å². The Kier molecular flexibility index (Phi) is 4.56. The van der Waals surface area contributed by atoms with Gasteiger partial charge in [0.2, 0.25) is 0 Å². The van der Waals surface area contributed by atoms with Crippen LogP contribution in [0.4, 0.5) is 0 Å². The van der Waals surface area contributed by atoms with Gasteiger partial charge in [-0.1, -0.05) is 29.3 Å². The summed E-state index contributed by atoms with van der Waals surface area (Å²) in [6, 6.07) is 10.4. The van der Waals surface area contributed by atoms with E-state index in [1.54, 1.807) is 6.07 Å². The van der Waals surface area contributed by atoms with Gasteiger partial charge in [-0.25, -0.2) is 0 Å². The molecular weight excluding hydrogens is 363 g/mol. The molecule has 1 N–H and O–H groups in total. The average molecular weight is 381 g/mol. The second-order valence-electron chi connectivity index (χ2n) is 6.48. The number of rotatable bonds is 4. The van der Waals surface area contributed by atoms with E-state index in [-0.39, 0.29) is 11.9 Å². The number of nitrogens with zero attached hydrogens (tertiary/aromatic N) is 1. The molecule has 2 heterocycles. The van der Waals surface area contributed by atoms with Gasteiger partial charge in [-0.3, -0.25) is 9.69 Å². The molecule has 1 saturated carbocycles. The van der Waals surface area contributed by atoms with Gasteiger partial charge in [0.05, 0.1) is 14.9 Å². The minimum atomic E-state index is 0.0222. The summed E-state index contributed by atoms with van der Waals surface area (Å²) in [5.74, 6) is 0.0222. The summed E-state index contributed by atoms with van der Waals surface area (Å²) < 4.78 is 0. The molecule has 24 heavy (non-hydrogen) atoms. The number of benzene rings is 1. The van der Waals surface area contributed by atoms with E-state index in [0.29, 0.717) is 10.0 Å². The number of carbonyl (C=O) groups is 1. The Morgan fingerprint density at radius 2 is 1.96 bits per heavy atom. The maximum absolute atomic E-state index is 12.5. The van der Waals surface area contributed by atoms with Crippen molar-refractivity contribution in [1.82, 2.24) is 10.2 Å². The Balaban J connectivity index is 1.42. The summed E-state index contributed by atoms with van der Waals surface area (Å²) in [6.45, 7) is 2.09. The second-order valence-corrected chi connectivity index (χ2v) is 8.38. The normalized spacial score (nSPS) is 21.2. The molecule has 1 atom stereocenters. The number of likely N-dealkylation sites (tertiary alicyclic amines) is 1. The van der Waals surface area contributed by atoms with E-state index in [0.717, 1.165) is 40.9 Å². The van der Waals surface area contributed by atoms with Gasteiger partial charge in [-0.2, -0.15) is 0 Å². The molecule has 2 fully saturated rings. The van der Waals surface area contributed by atoms with Crippen LogP contribution in [0.25, 0.3) is 10.4 Å². The highest BCUT2D eigenvalue weighted by molar-refractivity contribution is 7.17. The van der Waals surface area contributed by atoms with Crippen molar-refractivity contribution in [3.63, 3.8) is 0 Å². The molecular formula is C18H18Cl2N2OS. The van der Waals surface area contributed by atoms with Crippen LogP contribution in [-0.2, 0) is 0 Å². The van der Waals surface area contributed by atoms with Gasteiger partial charge in [-0.15, -0.1) is 11.3 Å². The standard InChI is InChI=1S/C18H18Cl2N2OS/c19-14-4-1-11(9-15(14)20)16-5-6-17(24-16)18(23)21-12-7-8-22(10-12)13-2-3-13/h1,4-6,9,12-13H,2-3,7-8,10H2,(H,21,23)/t12-/m0/s1. The van der Waals surface area contributed by atoms with Crippen LogP contribution >= 0.6 is 34.5 Å². The van der Waals surface area contributed by atoms with Crippen molar-refractivity contribution in [2.75, 3.05) is 13.1 Å². The first-order chi connectivity index (χ1) is 11.6. The molecule has 0 unspecified atom stereocenters. The number of carbonyl (C=O) groups excluding carboxylic acids is 1.